The van der Waals surface area contributed by atoms with Crippen molar-refractivity contribution < 1.29 is 4.92 Å². The lowest BCUT2D eigenvalue weighted by Gasteiger charge is -1.96. The van der Waals surface area contributed by atoms with Gasteiger partial charge in [-0.15, -0.1) is 21.5 Å². The highest BCUT2D eigenvalue weighted by atomic mass is 32.1. The van der Waals surface area contributed by atoms with Crippen LogP contribution in [0.25, 0.3) is 16.3 Å². The first-order chi connectivity index (χ1) is 8.25. The van der Waals surface area contributed by atoms with E-state index in [1.165, 1.54) is 23.6 Å². The molecule has 7 heteroatoms. The van der Waals surface area contributed by atoms with Crippen molar-refractivity contribution in [1.29, 1.82) is 0 Å². The number of hydrogen-bond donors (Lipinski definition) is 0. The first-order valence-corrected chi connectivity index (χ1v) is 5.67. The molecule has 3 aromatic heterocycles. The summed E-state index contributed by atoms with van der Waals surface area (Å²) in [4.78, 5) is 11.2. The van der Waals surface area contributed by atoms with Crippen molar-refractivity contribution in [2.24, 2.45) is 0 Å². The quantitative estimate of drug-likeness (QED) is 0.514. The van der Waals surface area contributed by atoms with Gasteiger partial charge in [-0.25, -0.2) is 0 Å². The molecule has 3 rings (SSSR count). The van der Waals surface area contributed by atoms with Crippen LogP contribution in [0.2, 0.25) is 0 Å². The summed E-state index contributed by atoms with van der Waals surface area (Å²) in [6, 6.07) is 6.81. The third-order valence-electron chi connectivity index (χ3n) is 2.34. The van der Waals surface area contributed by atoms with E-state index in [1.807, 2.05) is 17.5 Å². The molecule has 3 aromatic rings. The molecule has 0 aliphatic heterocycles. The Balaban J connectivity index is 2.26. The van der Waals surface area contributed by atoms with Crippen molar-refractivity contribution in [2.75, 3.05) is 0 Å². The van der Waals surface area contributed by atoms with Gasteiger partial charge in [0.1, 0.15) is 0 Å². The van der Waals surface area contributed by atoms with Crippen LogP contribution in [0, 0.1) is 10.1 Å². The summed E-state index contributed by atoms with van der Waals surface area (Å²) in [5.74, 6) is 0.624. The van der Waals surface area contributed by atoms with Crippen LogP contribution in [-0.4, -0.2) is 19.5 Å². The minimum Gasteiger partial charge on any atom is -0.275 e. The van der Waals surface area contributed by atoms with E-state index in [9.17, 15) is 10.1 Å². The first kappa shape index (κ1) is 9.91. The van der Waals surface area contributed by atoms with Crippen molar-refractivity contribution in [1.82, 2.24) is 14.6 Å². The molecule has 17 heavy (non-hydrogen) atoms. The molecule has 84 valence electrons. The number of thiophene rings is 1. The summed E-state index contributed by atoms with van der Waals surface area (Å²) >= 11 is 1.52. The number of nitro groups is 1. The van der Waals surface area contributed by atoms with E-state index in [0.717, 1.165) is 4.88 Å². The van der Waals surface area contributed by atoms with Crippen molar-refractivity contribution >= 4 is 22.7 Å². The van der Waals surface area contributed by atoms with Crippen LogP contribution >= 0.6 is 11.3 Å². The Morgan fingerprint density at radius 1 is 1.29 bits per heavy atom. The molecule has 0 amide bonds. The summed E-state index contributed by atoms with van der Waals surface area (Å²) in [7, 11) is 0. The van der Waals surface area contributed by atoms with Gasteiger partial charge < -0.3 is 0 Å². The maximum Gasteiger partial charge on any atom is 0.286 e. The molecule has 0 saturated carbocycles. The number of aromatic nitrogens is 3. The maximum atomic E-state index is 10.7. The zero-order chi connectivity index (χ0) is 11.8. The second-order valence-electron chi connectivity index (χ2n) is 3.37. The van der Waals surface area contributed by atoms with Crippen molar-refractivity contribution in [3.8, 4) is 10.7 Å². The maximum absolute atomic E-state index is 10.7. The zero-order valence-electron chi connectivity index (χ0n) is 8.48. The molecule has 0 bridgehead atoms. The molecule has 0 aliphatic rings. The first-order valence-electron chi connectivity index (χ1n) is 4.79. The van der Waals surface area contributed by atoms with Crippen LogP contribution in [0.5, 0.6) is 0 Å². The fraction of sp³-hybridized carbons (Fsp3) is 0. The van der Waals surface area contributed by atoms with Gasteiger partial charge >= 0.3 is 0 Å². The van der Waals surface area contributed by atoms with Gasteiger partial charge in [0.05, 0.1) is 16.0 Å². The lowest BCUT2D eigenvalue weighted by molar-refractivity contribution is -0.385. The van der Waals surface area contributed by atoms with Crippen molar-refractivity contribution in [2.45, 2.75) is 0 Å². The van der Waals surface area contributed by atoms with E-state index in [0.29, 0.717) is 11.5 Å². The molecule has 0 radical (unpaired) electrons. The van der Waals surface area contributed by atoms with Gasteiger partial charge in [-0.1, -0.05) is 6.07 Å². The Morgan fingerprint density at radius 3 is 2.88 bits per heavy atom. The number of nitrogens with zero attached hydrogens (tertiary/aromatic N) is 4. The van der Waals surface area contributed by atoms with E-state index < -0.39 is 4.92 Å². The van der Waals surface area contributed by atoms with Crippen LogP contribution in [-0.2, 0) is 0 Å². The number of rotatable bonds is 2. The second-order valence-corrected chi connectivity index (χ2v) is 4.32. The molecule has 0 N–H and O–H groups in total. The van der Waals surface area contributed by atoms with Gasteiger partial charge in [0, 0.05) is 6.07 Å². The van der Waals surface area contributed by atoms with Gasteiger partial charge in [0.2, 0.25) is 0 Å². The van der Waals surface area contributed by atoms with Crippen molar-refractivity contribution in [3.63, 3.8) is 0 Å². The van der Waals surface area contributed by atoms with E-state index in [-0.39, 0.29) is 5.69 Å². The minimum absolute atomic E-state index is 0.0232. The molecule has 3 heterocycles. The SMILES string of the molecule is O=[N+]([O-])c1ccc2nnc(-c3cccs3)n2c1. The van der Waals surface area contributed by atoms with Gasteiger partial charge in [-0.05, 0) is 17.5 Å². The van der Waals surface area contributed by atoms with E-state index in [2.05, 4.69) is 10.2 Å². The van der Waals surface area contributed by atoms with Crippen molar-refractivity contribution in [3.05, 3.63) is 46.0 Å². The molecule has 0 aliphatic carbocycles. The summed E-state index contributed by atoms with van der Waals surface area (Å²) in [6.45, 7) is 0. The molecular weight excluding hydrogens is 240 g/mol. The summed E-state index contributed by atoms with van der Waals surface area (Å²) < 4.78 is 1.63. The third kappa shape index (κ3) is 1.56. The highest BCUT2D eigenvalue weighted by Crippen LogP contribution is 2.24. The normalized spacial score (nSPS) is 10.8. The van der Waals surface area contributed by atoms with Crippen LogP contribution in [0.3, 0.4) is 0 Å². The Kier molecular flexibility index (Phi) is 2.12. The Bertz CT molecular complexity index is 689. The van der Waals surface area contributed by atoms with E-state index >= 15 is 0 Å². The summed E-state index contributed by atoms with van der Waals surface area (Å²) in [6.07, 6.45) is 1.43. The predicted molar refractivity (Wildman–Crippen MR) is 63.0 cm³/mol. The Morgan fingerprint density at radius 2 is 2.18 bits per heavy atom. The Hall–Kier alpha value is -2.28. The lowest BCUT2D eigenvalue weighted by atomic mass is 10.4. The number of hydrogen-bond acceptors (Lipinski definition) is 5. The standard InChI is InChI=1S/C10H6N4O2S/c15-14(16)7-3-4-9-11-12-10(13(9)6-7)8-2-1-5-17-8/h1-6H. The van der Waals surface area contributed by atoms with E-state index in [4.69, 9.17) is 0 Å². The third-order valence-corrected chi connectivity index (χ3v) is 3.20. The largest absolute Gasteiger partial charge is 0.286 e. The average molecular weight is 246 g/mol. The van der Waals surface area contributed by atoms with E-state index in [1.54, 1.807) is 10.5 Å². The number of fused-ring (bicyclic) bond motifs is 1. The Labute approximate surface area is 99.3 Å². The summed E-state index contributed by atoms with van der Waals surface area (Å²) in [5, 5.41) is 20.7. The highest BCUT2D eigenvalue weighted by molar-refractivity contribution is 7.13. The second kappa shape index (κ2) is 3.63. The fourth-order valence-corrected chi connectivity index (χ4v) is 2.27. The van der Waals surface area contributed by atoms with Gasteiger partial charge in [-0.3, -0.25) is 14.5 Å². The van der Waals surface area contributed by atoms with Gasteiger partial charge in [-0.2, -0.15) is 0 Å². The van der Waals surface area contributed by atoms with Crippen LogP contribution in [0.4, 0.5) is 5.69 Å². The fourth-order valence-electron chi connectivity index (χ4n) is 1.56. The molecule has 0 atom stereocenters. The molecule has 0 saturated heterocycles. The molecule has 0 unspecified atom stereocenters. The van der Waals surface area contributed by atoms with Crippen LogP contribution in [0.15, 0.2) is 35.8 Å². The van der Waals surface area contributed by atoms with Crippen LogP contribution < -0.4 is 0 Å². The molecule has 6 nitrogen and oxygen atoms in total. The molecule has 0 aromatic carbocycles. The topological polar surface area (TPSA) is 73.3 Å². The summed E-state index contributed by atoms with van der Waals surface area (Å²) in [5.41, 5.74) is 0.620. The minimum atomic E-state index is -0.433. The highest BCUT2D eigenvalue weighted by Gasteiger charge is 2.12. The van der Waals surface area contributed by atoms with Crippen LogP contribution in [0.1, 0.15) is 0 Å². The lowest BCUT2D eigenvalue weighted by Crippen LogP contribution is -1.93. The smallest absolute Gasteiger partial charge is 0.275 e. The molecule has 0 spiro atoms. The van der Waals surface area contributed by atoms with Gasteiger partial charge in [0.25, 0.3) is 5.69 Å². The zero-order valence-corrected chi connectivity index (χ0v) is 9.29. The molecular formula is C10H6N4O2S. The average Bonchev–Trinajstić information content (AvgIpc) is 2.96. The number of pyridine rings is 1. The monoisotopic (exact) mass is 246 g/mol. The molecule has 0 fully saturated rings. The predicted octanol–water partition coefficient (Wildman–Crippen LogP) is 2.37. The van der Waals surface area contributed by atoms with Gasteiger partial charge in [0.15, 0.2) is 11.5 Å².